The maximum absolute atomic E-state index is 12.1. The zero-order valence-corrected chi connectivity index (χ0v) is 25.7. The number of ether oxygens (including phenoxy) is 7. The van der Waals surface area contributed by atoms with E-state index in [4.69, 9.17) is 33.2 Å². The summed E-state index contributed by atoms with van der Waals surface area (Å²) in [6.07, 6.45) is 4.23. The number of carbonyl (C=O) groups excluding carboxylic acids is 6. The van der Waals surface area contributed by atoms with Crippen LogP contribution in [0.3, 0.4) is 0 Å². The Bertz CT molecular complexity index is 855. The first-order valence-electron chi connectivity index (χ1n) is 14.2. The van der Waals surface area contributed by atoms with Crippen molar-refractivity contribution >= 4 is 35.8 Å². The van der Waals surface area contributed by atoms with E-state index < -0.39 is 35.8 Å². The van der Waals surface area contributed by atoms with Crippen LogP contribution in [0.1, 0.15) is 12.8 Å². The minimum atomic E-state index is -0.574. The average molecular weight is 641 g/mol. The van der Waals surface area contributed by atoms with E-state index in [-0.39, 0.29) is 78.8 Å². The minimum absolute atomic E-state index is 0.0114. The molecule has 45 heavy (non-hydrogen) atoms. The lowest BCUT2D eigenvalue weighted by Crippen LogP contribution is -2.34. The van der Waals surface area contributed by atoms with Crippen LogP contribution in [-0.4, -0.2) is 138 Å². The summed E-state index contributed by atoms with van der Waals surface area (Å²) in [6.45, 7) is 15.4. The molecule has 0 N–H and O–H groups in total. The molecule has 0 aromatic carbocycles. The second-order valence-electron chi connectivity index (χ2n) is 8.72. The third-order valence-corrected chi connectivity index (χ3v) is 5.52. The minimum Gasteiger partial charge on any atom is -0.463 e. The monoisotopic (exact) mass is 640 g/mol. The highest BCUT2D eigenvalue weighted by molar-refractivity contribution is 5.82. The summed E-state index contributed by atoms with van der Waals surface area (Å²) in [6, 6.07) is 0. The van der Waals surface area contributed by atoms with Gasteiger partial charge < -0.3 is 33.2 Å². The number of hydrogen-bond acceptors (Lipinski definition) is 15. The molecule has 0 heterocycles. The SMILES string of the molecule is C=CC(=O)OCCN(CCOC(=O)C=C)CCC(=O)OCCOCCOC(=O)CCN(CCOC(=O)C=C)CCOC(=O)C=C. The number of rotatable bonds is 28. The molecule has 0 unspecified atom stereocenters. The van der Waals surface area contributed by atoms with Gasteiger partial charge in [0.1, 0.15) is 39.6 Å². The Morgan fingerprint density at radius 1 is 0.400 bits per heavy atom. The molecule has 0 rings (SSSR count). The van der Waals surface area contributed by atoms with Crippen LogP contribution in [0, 0.1) is 0 Å². The molecule has 0 spiro atoms. The van der Waals surface area contributed by atoms with Crippen LogP contribution in [0.15, 0.2) is 50.6 Å². The predicted octanol–water partition coefficient (Wildman–Crippen LogP) is 0.390. The number of hydrogen-bond donors (Lipinski definition) is 0. The third-order valence-electron chi connectivity index (χ3n) is 5.52. The highest BCUT2D eigenvalue weighted by Crippen LogP contribution is 1.99. The van der Waals surface area contributed by atoms with Crippen LogP contribution >= 0.6 is 0 Å². The maximum Gasteiger partial charge on any atom is 0.330 e. The quantitative estimate of drug-likeness (QED) is 0.0497. The normalized spacial score (nSPS) is 10.4. The van der Waals surface area contributed by atoms with Crippen molar-refractivity contribution in [2.75, 3.05) is 92.1 Å². The Hall–Kier alpha value is -4.34. The van der Waals surface area contributed by atoms with Gasteiger partial charge in [-0.25, -0.2) is 19.2 Å². The van der Waals surface area contributed by atoms with Gasteiger partial charge in [0.15, 0.2) is 0 Å². The lowest BCUT2D eigenvalue weighted by atomic mass is 10.3. The van der Waals surface area contributed by atoms with E-state index in [1.54, 1.807) is 9.80 Å². The summed E-state index contributed by atoms with van der Waals surface area (Å²) in [7, 11) is 0. The largest absolute Gasteiger partial charge is 0.463 e. The first kappa shape index (κ1) is 40.7. The Morgan fingerprint density at radius 2 is 0.689 bits per heavy atom. The van der Waals surface area contributed by atoms with E-state index in [0.29, 0.717) is 26.2 Å². The molecule has 0 aliphatic carbocycles. The second-order valence-corrected chi connectivity index (χ2v) is 8.72. The van der Waals surface area contributed by atoms with E-state index in [9.17, 15) is 28.8 Å². The van der Waals surface area contributed by atoms with Gasteiger partial charge in [0, 0.05) is 63.6 Å². The van der Waals surface area contributed by atoms with Crippen LogP contribution in [0.25, 0.3) is 0 Å². The van der Waals surface area contributed by atoms with E-state index in [0.717, 1.165) is 24.3 Å². The molecule has 252 valence electrons. The number of carbonyl (C=O) groups is 6. The molecule has 0 saturated heterocycles. The molecular weight excluding hydrogens is 596 g/mol. The van der Waals surface area contributed by atoms with Gasteiger partial charge in [0.2, 0.25) is 0 Å². The molecule has 0 aliphatic heterocycles. The molecule has 0 aromatic heterocycles. The van der Waals surface area contributed by atoms with E-state index in [2.05, 4.69) is 26.3 Å². The van der Waals surface area contributed by atoms with Gasteiger partial charge in [-0.3, -0.25) is 19.4 Å². The summed E-state index contributed by atoms with van der Waals surface area (Å²) < 4.78 is 35.4. The molecule has 15 nitrogen and oxygen atoms in total. The third kappa shape index (κ3) is 24.8. The van der Waals surface area contributed by atoms with Crippen molar-refractivity contribution in [3.05, 3.63) is 50.6 Å². The highest BCUT2D eigenvalue weighted by atomic mass is 16.6. The molecule has 0 bridgehead atoms. The van der Waals surface area contributed by atoms with Crippen molar-refractivity contribution in [1.29, 1.82) is 0 Å². The lowest BCUT2D eigenvalue weighted by Gasteiger charge is -2.21. The average Bonchev–Trinajstić information content (AvgIpc) is 3.04. The van der Waals surface area contributed by atoms with Crippen molar-refractivity contribution in [1.82, 2.24) is 9.80 Å². The Kier molecular flexibility index (Phi) is 24.6. The topological polar surface area (TPSA) is 174 Å². The summed E-state index contributed by atoms with van der Waals surface area (Å²) in [5, 5.41) is 0. The molecule has 0 saturated carbocycles. The van der Waals surface area contributed by atoms with Crippen molar-refractivity contribution in [2.24, 2.45) is 0 Å². The zero-order chi connectivity index (χ0) is 33.7. The molecule has 0 aliphatic rings. The zero-order valence-electron chi connectivity index (χ0n) is 25.7. The summed E-state index contributed by atoms with van der Waals surface area (Å²) in [5.74, 6) is -3.26. The second kappa shape index (κ2) is 27.2. The van der Waals surface area contributed by atoms with Crippen molar-refractivity contribution in [3.63, 3.8) is 0 Å². The van der Waals surface area contributed by atoms with Crippen LogP contribution in [0.5, 0.6) is 0 Å². The fraction of sp³-hybridized carbons (Fsp3) is 0.533. The van der Waals surface area contributed by atoms with Gasteiger partial charge >= 0.3 is 35.8 Å². The number of esters is 6. The van der Waals surface area contributed by atoms with Crippen LogP contribution < -0.4 is 0 Å². The highest BCUT2D eigenvalue weighted by Gasteiger charge is 2.13. The van der Waals surface area contributed by atoms with E-state index in [1.807, 2.05) is 0 Å². The first-order chi connectivity index (χ1) is 21.6. The Balaban J connectivity index is 4.24. The number of nitrogens with zero attached hydrogens (tertiary/aromatic N) is 2. The van der Waals surface area contributed by atoms with E-state index >= 15 is 0 Å². The van der Waals surface area contributed by atoms with Gasteiger partial charge in [-0.05, 0) is 0 Å². The van der Waals surface area contributed by atoms with Gasteiger partial charge in [0.05, 0.1) is 26.1 Å². The lowest BCUT2D eigenvalue weighted by molar-refractivity contribution is -0.148. The molecule has 0 radical (unpaired) electrons. The van der Waals surface area contributed by atoms with Crippen LogP contribution in [-0.2, 0) is 61.9 Å². The smallest absolute Gasteiger partial charge is 0.330 e. The van der Waals surface area contributed by atoms with Gasteiger partial charge in [-0.1, -0.05) is 26.3 Å². The molecule has 0 atom stereocenters. The molecule has 0 fully saturated rings. The predicted molar refractivity (Wildman–Crippen MR) is 159 cm³/mol. The summed E-state index contributed by atoms with van der Waals surface area (Å²) in [5.41, 5.74) is 0. The Morgan fingerprint density at radius 3 is 0.956 bits per heavy atom. The fourth-order valence-electron chi connectivity index (χ4n) is 3.18. The maximum atomic E-state index is 12.1. The van der Waals surface area contributed by atoms with Gasteiger partial charge in [-0.15, -0.1) is 0 Å². The molecular formula is C30H44N2O13. The summed E-state index contributed by atoms with van der Waals surface area (Å²) >= 11 is 0. The van der Waals surface area contributed by atoms with Gasteiger partial charge in [-0.2, -0.15) is 0 Å². The van der Waals surface area contributed by atoms with Crippen molar-refractivity contribution in [2.45, 2.75) is 12.8 Å². The molecule has 0 amide bonds. The van der Waals surface area contributed by atoms with Crippen molar-refractivity contribution in [3.8, 4) is 0 Å². The van der Waals surface area contributed by atoms with Crippen molar-refractivity contribution < 1.29 is 61.9 Å². The van der Waals surface area contributed by atoms with Gasteiger partial charge in [0.25, 0.3) is 0 Å². The van der Waals surface area contributed by atoms with Crippen LogP contribution in [0.4, 0.5) is 0 Å². The molecule has 15 heteroatoms. The standard InChI is InChI=1S/C30H44N2O13/c1-5-25(33)40-17-13-31(14-18-41-26(34)6-2)11-9-29(37)44-23-21-39-22-24-45-30(38)10-12-32(15-19-42-27(35)7-3)16-20-43-28(36)8-4/h5-8H,1-4,9-24H2. The van der Waals surface area contributed by atoms with Crippen LogP contribution in [0.2, 0.25) is 0 Å². The first-order valence-corrected chi connectivity index (χ1v) is 14.2. The molecule has 0 aromatic rings. The Labute approximate surface area is 263 Å². The van der Waals surface area contributed by atoms with E-state index in [1.165, 1.54) is 0 Å². The summed E-state index contributed by atoms with van der Waals surface area (Å²) in [4.78, 5) is 72.7. The fourth-order valence-corrected chi connectivity index (χ4v) is 3.18.